The van der Waals surface area contributed by atoms with Crippen molar-refractivity contribution in [1.82, 2.24) is 0 Å². The second-order valence-electron chi connectivity index (χ2n) is 4.90. The first-order valence-corrected chi connectivity index (χ1v) is 7.36. The molecule has 0 saturated heterocycles. The molecule has 0 aliphatic heterocycles. The molecule has 3 heteroatoms. The molecule has 1 aliphatic carbocycles. The lowest BCUT2D eigenvalue weighted by molar-refractivity contribution is -0.137. The van der Waals surface area contributed by atoms with Crippen LogP contribution in [0.25, 0.3) is 0 Å². The van der Waals surface area contributed by atoms with Gasteiger partial charge in [0.25, 0.3) is 0 Å². The number of carbonyl (C=O) groups excluding carboxylic acids is 1. The second-order valence-corrected chi connectivity index (χ2v) is 4.90. The molecule has 0 aromatic carbocycles. The third-order valence-corrected chi connectivity index (χ3v) is 3.35. The Morgan fingerprint density at radius 1 is 1.26 bits per heavy atom. The van der Waals surface area contributed by atoms with E-state index in [9.17, 15) is 4.79 Å². The van der Waals surface area contributed by atoms with Gasteiger partial charge in [-0.1, -0.05) is 51.2 Å². The van der Waals surface area contributed by atoms with Crippen molar-refractivity contribution in [2.24, 2.45) is 0 Å². The van der Waals surface area contributed by atoms with Crippen molar-refractivity contribution in [1.29, 1.82) is 0 Å². The third-order valence-electron chi connectivity index (χ3n) is 3.35. The van der Waals surface area contributed by atoms with E-state index in [0.717, 1.165) is 19.4 Å². The van der Waals surface area contributed by atoms with E-state index in [0.29, 0.717) is 5.57 Å². The monoisotopic (exact) mass is 266 g/mol. The van der Waals surface area contributed by atoms with Gasteiger partial charge in [-0.05, 0) is 18.9 Å². The zero-order chi connectivity index (χ0) is 13.9. The number of unbranched alkanes of at least 4 members (excludes halogenated alkanes) is 5. The van der Waals surface area contributed by atoms with Crippen molar-refractivity contribution in [3.05, 3.63) is 23.8 Å². The van der Waals surface area contributed by atoms with Gasteiger partial charge in [-0.2, -0.15) is 0 Å². The predicted octanol–water partition coefficient (Wildman–Crippen LogP) is 3.79. The molecule has 0 N–H and O–H groups in total. The van der Waals surface area contributed by atoms with Crippen molar-refractivity contribution in [3.63, 3.8) is 0 Å². The summed E-state index contributed by atoms with van der Waals surface area (Å²) in [5.41, 5.74) is 0.635. The van der Waals surface area contributed by atoms with Crippen molar-refractivity contribution in [3.8, 4) is 0 Å². The van der Waals surface area contributed by atoms with Crippen LogP contribution < -0.4 is 0 Å². The van der Waals surface area contributed by atoms with Gasteiger partial charge in [-0.25, -0.2) is 4.79 Å². The molecule has 108 valence electrons. The summed E-state index contributed by atoms with van der Waals surface area (Å²) in [6, 6.07) is 0. The molecule has 0 spiro atoms. The van der Waals surface area contributed by atoms with Crippen LogP contribution in [0.1, 0.15) is 51.9 Å². The zero-order valence-electron chi connectivity index (χ0n) is 12.2. The molecule has 1 atom stereocenters. The highest BCUT2D eigenvalue weighted by Crippen LogP contribution is 2.18. The number of ether oxygens (including phenoxy) is 2. The fourth-order valence-electron chi connectivity index (χ4n) is 2.19. The fraction of sp³-hybridized carbons (Fsp3) is 0.688. The quantitative estimate of drug-likeness (QED) is 0.470. The molecule has 3 nitrogen and oxygen atoms in total. The molecule has 0 amide bonds. The van der Waals surface area contributed by atoms with E-state index in [4.69, 9.17) is 9.47 Å². The molecular weight excluding hydrogens is 240 g/mol. The topological polar surface area (TPSA) is 35.5 Å². The van der Waals surface area contributed by atoms with Gasteiger partial charge >= 0.3 is 5.97 Å². The molecule has 0 radical (unpaired) electrons. The SMILES string of the molecule is CCCCCCCCOC1CC=CC=C1C(=O)OC. The molecular formula is C16H26O3. The van der Waals surface area contributed by atoms with Gasteiger partial charge in [0.05, 0.1) is 18.8 Å². The number of methoxy groups -OCH3 is 1. The minimum atomic E-state index is -0.280. The molecule has 19 heavy (non-hydrogen) atoms. The Kier molecular flexibility index (Phi) is 8.23. The second kappa shape index (κ2) is 9.79. The maximum atomic E-state index is 11.6. The predicted molar refractivity (Wildman–Crippen MR) is 77.0 cm³/mol. The lowest BCUT2D eigenvalue weighted by Crippen LogP contribution is -2.24. The van der Waals surface area contributed by atoms with Crippen LogP contribution in [0.5, 0.6) is 0 Å². The van der Waals surface area contributed by atoms with E-state index < -0.39 is 0 Å². The van der Waals surface area contributed by atoms with E-state index in [-0.39, 0.29) is 12.1 Å². The number of hydrogen-bond donors (Lipinski definition) is 0. The first-order valence-electron chi connectivity index (χ1n) is 7.36. The van der Waals surface area contributed by atoms with Crippen LogP contribution in [-0.4, -0.2) is 25.8 Å². The van der Waals surface area contributed by atoms with Crippen LogP contribution in [-0.2, 0) is 14.3 Å². The summed E-state index contributed by atoms with van der Waals surface area (Å²) in [5, 5.41) is 0. The van der Waals surface area contributed by atoms with Crippen LogP contribution in [0.15, 0.2) is 23.8 Å². The number of hydrogen-bond acceptors (Lipinski definition) is 3. The van der Waals surface area contributed by atoms with Gasteiger partial charge in [0, 0.05) is 6.61 Å². The van der Waals surface area contributed by atoms with Gasteiger partial charge in [-0.15, -0.1) is 0 Å². The molecule has 0 fully saturated rings. The van der Waals surface area contributed by atoms with E-state index in [2.05, 4.69) is 6.92 Å². The normalized spacial score (nSPS) is 18.2. The number of carbonyl (C=O) groups is 1. The molecule has 1 unspecified atom stereocenters. The van der Waals surface area contributed by atoms with Gasteiger partial charge in [0.15, 0.2) is 0 Å². The highest BCUT2D eigenvalue weighted by atomic mass is 16.5. The minimum absolute atomic E-state index is 0.131. The molecule has 0 saturated carbocycles. The van der Waals surface area contributed by atoms with Gasteiger partial charge in [0.2, 0.25) is 0 Å². The summed E-state index contributed by atoms with van der Waals surface area (Å²) in [5.74, 6) is -0.280. The van der Waals surface area contributed by atoms with E-state index in [1.807, 2.05) is 12.2 Å². The van der Waals surface area contributed by atoms with Crippen molar-refractivity contribution < 1.29 is 14.3 Å². The summed E-state index contributed by atoms with van der Waals surface area (Å²) in [7, 11) is 1.41. The molecule has 1 aliphatic rings. The Morgan fingerprint density at radius 3 is 2.74 bits per heavy atom. The Bertz CT molecular complexity index is 318. The van der Waals surface area contributed by atoms with E-state index >= 15 is 0 Å². The Labute approximate surface area is 116 Å². The lowest BCUT2D eigenvalue weighted by atomic mass is 10.0. The first-order chi connectivity index (χ1) is 9.29. The van der Waals surface area contributed by atoms with Gasteiger partial charge in [-0.3, -0.25) is 0 Å². The van der Waals surface area contributed by atoms with Crippen LogP contribution in [0, 0.1) is 0 Å². The van der Waals surface area contributed by atoms with Crippen molar-refractivity contribution in [2.45, 2.75) is 58.0 Å². The summed E-state index contributed by atoms with van der Waals surface area (Å²) >= 11 is 0. The van der Waals surface area contributed by atoms with E-state index in [1.54, 1.807) is 6.08 Å². The standard InChI is InChI=1S/C16H26O3/c1-3-4-5-6-7-10-13-19-15-12-9-8-11-14(15)16(17)18-2/h8-9,11,15H,3-7,10,12-13H2,1-2H3. The number of esters is 1. The highest BCUT2D eigenvalue weighted by molar-refractivity contribution is 5.90. The molecule has 0 bridgehead atoms. The van der Waals surface area contributed by atoms with Crippen molar-refractivity contribution in [2.75, 3.05) is 13.7 Å². The Balaban J connectivity index is 2.19. The molecule has 1 rings (SSSR count). The average molecular weight is 266 g/mol. The smallest absolute Gasteiger partial charge is 0.336 e. The Morgan fingerprint density at radius 2 is 2.00 bits per heavy atom. The van der Waals surface area contributed by atoms with Crippen LogP contribution in [0.4, 0.5) is 0 Å². The van der Waals surface area contributed by atoms with Crippen LogP contribution >= 0.6 is 0 Å². The summed E-state index contributed by atoms with van der Waals surface area (Å²) in [6.45, 7) is 2.94. The molecule has 0 heterocycles. The van der Waals surface area contributed by atoms with E-state index in [1.165, 1.54) is 39.2 Å². The van der Waals surface area contributed by atoms with Crippen molar-refractivity contribution >= 4 is 5.97 Å². The highest BCUT2D eigenvalue weighted by Gasteiger charge is 2.22. The molecule has 0 aromatic heterocycles. The zero-order valence-corrected chi connectivity index (χ0v) is 12.2. The van der Waals surface area contributed by atoms with Crippen LogP contribution in [0.2, 0.25) is 0 Å². The van der Waals surface area contributed by atoms with Crippen LogP contribution in [0.3, 0.4) is 0 Å². The summed E-state index contributed by atoms with van der Waals surface area (Å²) in [4.78, 5) is 11.6. The van der Waals surface area contributed by atoms with Gasteiger partial charge < -0.3 is 9.47 Å². The minimum Gasteiger partial charge on any atom is -0.466 e. The number of rotatable bonds is 9. The maximum Gasteiger partial charge on any atom is 0.336 e. The third kappa shape index (κ3) is 6.06. The fourth-order valence-corrected chi connectivity index (χ4v) is 2.19. The summed E-state index contributed by atoms with van der Waals surface area (Å²) < 4.78 is 10.6. The average Bonchev–Trinajstić information content (AvgIpc) is 2.46. The lowest BCUT2D eigenvalue weighted by Gasteiger charge is -2.20. The number of allylic oxidation sites excluding steroid dienone is 2. The Hall–Kier alpha value is -1.09. The molecule has 0 aromatic rings. The maximum absolute atomic E-state index is 11.6. The summed E-state index contributed by atoms with van der Waals surface area (Å²) in [6.07, 6.45) is 13.8. The largest absolute Gasteiger partial charge is 0.466 e. The first kappa shape index (κ1) is 16.0. The van der Waals surface area contributed by atoms with Gasteiger partial charge in [0.1, 0.15) is 0 Å².